The summed E-state index contributed by atoms with van der Waals surface area (Å²) in [7, 11) is -3.67. The molecule has 0 aliphatic heterocycles. The van der Waals surface area contributed by atoms with Crippen molar-refractivity contribution in [1.29, 1.82) is 0 Å². The molecule has 2 aromatic carbocycles. The van der Waals surface area contributed by atoms with Gasteiger partial charge in [0.15, 0.2) is 0 Å². The third-order valence-electron chi connectivity index (χ3n) is 4.01. The van der Waals surface area contributed by atoms with Crippen molar-refractivity contribution < 1.29 is 8.42 Å². The van der Waals surface area contributed by atoms with Crippen molar-refractivity contribution in [2.45, 2.75) is 11.4 Å². The van der Waals surface area contributed by atoms with Crippen molar-refractivity contribution in [2.24, 2.45) is 0 Å². The molecule has 0 fully saturated rings. The largest absolute Gasteiger partial charge is 0.244 e. The lowest BCUT2D eigenvalue weighted by molar-refractivity contribution is 0.581. The molecule has 2 heterocycles. The molecule has 0 atom stereocenters. The third-order valence-corrected chi connectivity index (χ3v) is 5.37. The zero-order valence-corrected chi connectivity index (χ0v) is 15.1. The van der Waals surface area contributed by atoms with Gasteiger partial charge in [-0.05, 0) is 24.3 Å². The number of sulfonamides is 1. The predicted molar refractivity (Wildman–Crippen MR) is 101 cm³/mol. The Hall–Kier alpha value is -3.23. The molecule has 0 bridgehead atoms. The van der Waals surface area contributed by atoms with Crippen LogP contribution in [0.15, 0.2) is 90.3 Å². The molecule has 0 saturated carbocycles. The summed E-state index contributed by atoms with van der Waals surface area (Å²) in [4.78, 5) is 0.113. The quantitative estimate of drug-likeness (QED) is 0.558. The second-order valence-electron chi connectivity index (χ2n) is 5.91. The molecule has 0 unspecified atom stereocenters. The fourth-order valence-electron chi connectivity index (χ4n) is 2.60. The number of para-hydroxylation sites is 2. The molecule has 0 spiro atoms. The van der Waals surface area contributed by atoms with Crippen molar-refractivity contribution in [3.63, 3.8) is 0 Å². The molecule has 1 N–H and O–H groups in total. The van der Waals surface area contributed by atoms with Crippen molar-refractivity contribution in [2.75, 3.05) is 0 Å². The molecule has 136 valence electrons. The summed E-state index contributed by atoms with van der Waals surface area (Å²) >= 11 is 0. The lowest BCUT2D eigenvalue weighted by Crippen LogP contribution is -2.22. The maximum absolute atomic E-state index is 12.5. The van der Waals surface area contributed by atoms with Gasteiger partial charge in [-0.25, -0.2) is 22.5 Å². The van der Waals surface area contributed by atoms with Crippen LogP contribution in [0.4, 0.5) is 0 Å². The topological polar surface area (TPSA) is 81.8 Å². The van der Waals surface area contributed by atoms with Gasteiger partial charge in [-0.15, -0.1) is 0 Å². The van der Waals surface area contributed by atoms with Crippen molar-refractivity contribution in [1.82, 2.24) is 24.3 Å². The zero-order valence-electron chi connectivity index (χ0n) is 14.3. The van der Waals surface area contributed by atoms with Gasteiger partial charge < -0.3 is 0 Å². The van der Waals surface area contributed by atoms with Gasteiger partial charge in [0, 0.05) is 18.3 Å². The van der Waals surface area contributed by atoms with E-state index in [1.165, 1.54) is 17.1 Å². The monoisotopic (exact) mass is 379 g/mol. The Bertz CT molecular complexity index is 1140. The van der Waals surface area contributed by atoms with E-state index in [4.69, 9.17) is 0 Å². The van der Waals surface area contributed by atoms with Gasteiger partial charge in [0.05, 0.1) is 30.0 Å². The van der Waals surface area contributed by atoms with Crippen LogP contribution in [0.25, 0.3) is 11.4 Å². The average molecular weight is 379 g/mol. The SMILES string of the molecule is O=S(=O)(NCc1cnn(-c2ccccc2)c1)c1cnn(-c2ccccc2)c1. The van der Waals surface area contributed by atoms with Gasteiger partial charge in [-0.2, -0.15) is 10.2 Å². The lowest BCUT2D eigenvalue weighted by Gasteiger charge is -2.03. The molecular weight excluding hydrogens is 362 g/mol. The van der Waals surface area contributed by atoms with Crippen LogP contribution in [0.5, 0.6) is 0 Å². The van der Waals surface area contributed by atoms with Crippen LogP contribution in [0.3, 0.4) is 0 Å². The van der Waals surface area contributed by atoms with Crippen molar-refractivity contribution in [3.8, 4) is 11.4 Å². The lowest BCUT2D eigenvalue weighted by atomic mass is 10.3. The Kier molecular flexibility index (Phi) is 4.57. The maximum atomic E-state index is 12.5. The smallest absolute Gasteiger partial charge is 0.241 e. The highest BCUT2D eigenvalue weighted by atomic mass is 32.2. The first-order valence-electron chi connectivity index (χ1n) is 8.30. The Morgan fingerprint density at radius 3 is 1.96 bits per heavy atom. The first kappa shape index (κ1) is 17.2. The van der Waals surface area contributed by atoms with Crippen LogP contribution >= 0.6 is 0 Å². The number of aromatic nitrogens is 4. The number of rotatable bonds is 6. The summed E-state index contributed by atoms with van der Waals surface area (Å²) < 4.78 is 30.9. The van der Waals surface area contributed by atoms with Gasteiger partial charge >= 0.3 is 0 Å². The van der Waals surface area contributed by atoms with E-state index in [1.807, 2.05) is 60.7 Å². The van der Waals surface area contributed by atoms with Gasteiger partial charge in [0.2, 0.25) is 10.0 Å². The zero-order chi connectivity index (χ0) is 18.7. The summed E-state index contributed by atoms with van der Waals surface area (Å²) in [6.07, 6.45) is 6.27. The van der Waals surface area contributed by atoms with Crippen LogP contribution in [-0.2, 0) is 16.6 Å². The fourth-order valence-corrected chi connectivity index (χ4v) is 3.55. The summed E-state index contributed by atoms with van der Waals surface area (Å²) in [6.45, 7) is 0.145. The average Bonchev–Trinajstić information content (AvgIpc) is 3.38. The minimum Gasteiger partial charge on any atom is -0.241 e. The number of hydrogen-bond acceptors (Lipinski definition) is 4. The molecule has 8 heteroatoms. The summed E-state index contributed by atoms with van der Waals surface area (Å²) in [5.41, 5.74) is 2.47. The van der Waals surface area contributed by atoms with E-state index in [1.54, 1.807) is 17.1 Å². The first-order valence-corrected chi connectivity index (χ1v) is 9.79. The highest BCUT2D eigenvalue weighted by molar-refractivity contribution is 7.89. The van der Waals surface area contributed by atoms with E-state index < -0.39 is 10.0 Å². The Morgan fingerprint density at radius 1 is 0.778 bits per heavy atom. The van der Waals surface area contributed by atoms with Crippen LogP contribution in [-0.4, -0.2) is 28.0 Å². The number of hydrogen-bond donors (Lipinski definition) is 1. The maximum Gasteiger partial charge on any atom is 0.244 e. The minimum atomic E-state index is -3.67. The van der Waals surface area contributed by atoms with E-state index in [0.29, 0.717) is 0 Å². The van der Waals surface area contributed by atoms with E-state index >= 15 is 0 Å². The summed E-state index contributed by atoms with van der Waals surface area (Å²) in [6, 6.07) is 19.0. The van der Waals surface area contributed by atoms with E-state index in [0.717, 1.165) is 16.9 Å². The fraction of sp³-hybridized carbons (Fsp3) is 0.0526. The Balaban J connectivity index is 1.47. The minimum absolute atomic E-state index is 0.113. The van der Waals surface area contributed by atoms with Gasteiger partial charge in [-0.1, -0.05) is 36.4 Å². The van der Waals surface area contributed by atoms with Gasteiger partial charge in [-0.3, -0.25) is 0 Å². The number of nitrogens with one attached hydrogen (secondary N) is 1. The molecule has 0 radical (unpaired) electrons. The van der Waals surface area contributed by atoms with E-state index in [9.17, 15) is 8.42 Å². The molecule has 0 saturated heterocycles. The van der Waals surface area contributed by atoms with E-state index in [2.05, 4.69) is 14.9 Å². The van der Waals surface area contributed by atoms with Gasteiger partial charge in [0.25, 0.3) is 0 Å². The van der Waals surface area contributed by atoms with Crippen LogP contribution < -0.4 is 4.72 Å². The molecule has 0 amide bonds. The molecule has 4 rings (SSSR count). The summed E-state index contributed by atoms with van der Waals surface area (Å²) in [5.74, 6) is 0. The predicted octanol–water partition coefficient (Wildman–Crippen LogP) is 2.54. The normalized spacial score (nSPS) is 11.6. The van der Waals surface area contributed by atoms with Crippen LogP contribution in [0.2, 0.25) is 0 Å². The molecule has 0 aliphatic rings. The Labute approximate surface area is 156 Å². The van der Waals surface area contributed by atoms with Crippen molar-refractivity contribution in [3.05, 3.63) is 91.0 Å². The highest BCUT2D eigenvalue weighted by Gasteiger charge is 2.17. The molecule has 2 aromatic heterocycles. The van der Waals surface area contributed by atoms with Crippen LogP contribution in [0.1, 0.15) is 5.56 Å². The second kappa shape index (κ2) is 7.18. The highest BCUT2D eigenvalue weighted by Crippen LogP contribution is 2.13. The van der Waals surface area contributed by atoms with Gasteiger partial charge in [0.1, 0.15) is 4.90 Å². The molecule has 4 aromatic rings. The first-order chi connectivity index (χ1) is 13.1. The number of nitrogens with zero attached hydrogens (tertiary/aromatic N) is 4. The standard InChI is InChI=1S/C19H17N5O2S/c25-27(26,19-13-21-24(15-19)18-9-5-2-6-10-18)22-12-16-11-20-23(14-16)17-7-3-1-4-8-17/h1-11,13-15,22H,12H2. The molecule has 27 heavy (non-hydrogen) atoms. The number of benzene rings is 2. The van der Waals surface area contributed by atoms with Crippen LogP contribution in [0, 0.1) is 0 Å². The Morgan fingerprint density at radius 2 is 1.33 bits per heavy atom. The third kappa shape index (κ3) is 3.81. The van der Waals surface area contributed by atoms with E-state index in [-0.39, 0.29) is 11.4 Å². The second-order valence-corrected chi connectivity index (χ2v) is 7.68. The molecular formula is C19H17N5O2S. The summed E-state index contributed by atoms with van der Waals surface area (Å²) in [5, 5.41) is 8.40. The van der Waals surface area contributed by atoms with Crippen molar-refractivity contribution >= 4 is 10.0 Å². The molecule has 0 aliphatic carbocycles. The molecule has 7 nitrogen and oxygen atoms in total.